The molecule has 2 bridgehead atoms. The first-order valence-corrected chi connectivity index (χ1v) is 12.5. The van der Waals surface area contributed by atoms with Crippen molar-refractivity contribution in [3.8, 4) is 0 Å². The monoisotopic (exact) mass is 474 g/mol. The van der Waals surface area contributed by atoms with Gasteiger partial charge in [0.2, 0.25) is 11.8 Å². The number of aryl methyl sites for hydroxylation is 2. The summed E-state index contributed by atoms with van der Waals surface area (Å²) in [5.41, 5.74) is 3.40. The quantitative estimate of drug-likeness (QED) is 0.481. The Morgan fingerprint density at radius 2 is 1.54 bits per heavy atom. The molecule has 5 rings (SSSR count). The van der Waals surface area contributed by atoms with Gasteiger partial charge in [0.1, 0.15) is 0 Å². The van der Waals surface area contributed by atoms with Gasteiger partial charge in [0.25, 0.3) is 5.91 Å². The zero-order chi connectivity index (χ0) is 24.7. The lowest BCUT2D eigenvalue weighted by molar-refractivity contribution is -0.123. The molecule has 3 aliphatic rings. The number of carbonyl (C=O) groups excluding carboxylic acids is 4. The molecule has 3 amide bonds. The number of hydrogen-bond acceptors (Lipinski definition) is 5. The van der Waals surface area contributed by atoms with E-state index >= 15 is 0 Å². The van der Waals surface area contributed by atoms with E-state index in [4.69, 9.17) is 4.74 Å². The number of amides is 3. The van der Waals surface area contributed by atoms with Crippen LogP contribution in [-0.2, 0) is 32.0 Å². The molecule has 182 valence electrons. The number of benzene rings is 2. The fourth-order valence-electron chi connectivity index (χ4n) is 6.23. The van der Waals surface area contributed by atoms with E-state index in [1.54, 1.807) is 18.2 Å². The molecular formula is C28H30N2O5. The molecule has 2 aromatic rings. The lowest BCUT2D eigenvalue weighted by Crippen LogP contribution is -2.32. The first-order valence-electron chi connectivity index (χ1n) is 12.5. The molecule has 2 saturated carbocycles. The number of anilines is 2. The van der Waals surface area contributed by atoms with Gasteiger partial charge in [0.05, 0.1) is 23.1 Å². The Bertz CT molecular complexity index is 1160. The minimum atomic E-state index is -0.680. The minimum Gasteiger partial charge on any atom is -0.452 e. The summed E-state index contributed by atoms with van der Waals surface area (Å²) < 4.78 is 5.26. The van der Waals surface area contributed by atoms with Crippen molar-refractivity contribution < 1.29 is 23.9 Å². The number of carbonyl (C=O) groups is 4. The van der Waals surface area contributed by atoms with E-state index in [0.29, 0.717) is 17.5 Å². The number of esters is 1. The maximum atomic E-state index is 13.1. The number of nitrogens with one attached hydrogen (secondary N) is 1. The molecule has 0 aromatic heterocycles. The van der Waals surface area contributed by atoms with E-state index in [2.05, 4.69) is 5.32 Å². The first-order chi connectivity index (χ1) is 16.9. The number of ether oxygens (including phenoxy) is 1. The Morgan fingerprint density at radius 1 is 0.943 bits per heavy atom. The molecule has 2 aliphatic carbocycles. The number of fused-ring (bicyclic) bond motifs is 5. The summed E-state index contributed by atoms with van der Waals surface area (Å²) in [6.45, 7) is 3.61. The normalized spacial score (nSPS) is 24.6. The fraction of sp³-hybridized carbons (Fsp3) is 0.429. The summed E-state index contributed by atoms with van der Waals surface area (Å²) in [5, 5.41) is 2.88. The minimum absolute atomic E-state index is 0.154. The van der Waals surface area contributed by atoms with Gasteiger partial charge in [-0.3, -0.25) is 19.3 Å². The van der Waals surface area contributed by atoms with Crippen molar-refractivity contribution >= 4 is 35.1 Å². The Kier molecular flexibility index (Phi) is 6.17. The second kappa shape index (κ2) is 9.29. The molecule has 1 saturated heterocycles. The van der Waals surface area contributed by atoms with Gasteiger partial charge in [-0.2, -0.15) is 0 Å². The Labute approximate surface area is 204 Å². The molecule has 7 nitrogen and oxygen atoms in total. The summed E-state index contributed by atoms with van der Waals surface area (Å²) in [6.07, 6.45) is 4.53. The van der Waals surface area contributed by atoms with Gasteiger partial charge in [-0.1, -0.05) is 38.1 Å². The van der Waals surface area contributed by atoms with E-state index in [9.17, 15) is 19.2 Å². The van der Waals surface area contributed by atoms with Crippen LogP contribution in [0.25, 0.3) is 0 Å². The van der Waals surface area contributed by atoms with Gasteiger partial charge in [-0.15, -0.1) is 0 Å². The van der Waals surface area contributed by atoms with Crippen LogP contribution in [0.2, 0.25) is 0 Å². The molecule has 7 heteroatoms. The van der Waals surface area contributed by atoms with E-state index in [0.717, 1.165) is 48.9 Å². The van der Waals surface area contributed by atoms with Crippen molar-refractivity contribution in [1.82, 2.24) is 0 Å². The highest BCUT2D eigenvalue weighted by Gasteiger charge is 2.61. The summed E-state index contributed by atoms with van der Waals surface area (Å²) >= 11 is 0. The largest absolute Gasteiger partial charge is 0.452 e. The van der Waals surface area contributed by atoms with Crippen molar-refractivity contribution in [2.45, 2.75) is 46.0 Å². The standard InChI is InChI=1S/C28H30N2O5/c1-3-16-7-5-8-17(4-2)25(16)29-22(31)15-35-28(34)20-9-6-10-21(14-20)30-26(32)23-18-11-12-19(13-18)24(23)27(30)33/h5-10,14,18-19,23-24H,3-4,11-13,15H2,1-2H3,(H,29,31)/t18-,19-,23-,24+/m0/s1. The van der Waals surface area contributed by atoms with Gasteiger partial charge in [-0.25, -0.2) is 4.79 Å². The first kappa shape index (κ1) is 23.3. The zero-order valence-electron chi connectivity index (χ0n) is 20.1. The highest BCUT2D eigenvalue weighted by molar-refractivity contribution is 6.22. The fourth-order valence-corrected chi connectivity index (χ4v) is 6.23. The number of hydrogen-bond donors (Lipinski definition) is 1. The van der Waals surface area contributed by atoms with Crippen LogP contribution in [0.1, 0.15) is 54.6 Å². The second-order valence-electron chi connectivity index (χ2n) is 9.73. The molecule has 1 heterocycles. The van der Waals surface area contributed by atoms with E-state index in [1.807, 2.05) is 32.0 Å². The zero-order valence-corrected chi connectivity index (χ0v) is 20.1. The lowest BCUT2D eigenvalue weighted by atomic mass is 9.81. The predicted molar refractivity (Wildman–Crippen MR) is 131 cm³/mol. The number of rotatable bonds is 7. The topological polar surface area (TPSA) is 92.8 Å². The third kappa shape index (κ3) is 4.03. The van der Waals surface area contributed by atoms with E-state index in [-0.39, 0.29) is 29.2 Å². The number of para-hydroxylation sites is 1. The summed E-state index contributed by atoms with van der Waals surface area (Å²) in [6, 6.07) is 12.2. The molecule has 0 unspecified atom stereocenters. The van der Waals surface area contributed by atoms with Gasteiger partial charge in [0.15, 0.2) is 6.61 Å². The molecular weight excluding hydrogens is 444 g/mol. The Hall–Kier alpha value is -3.48. The van der Waals surface area contributed by atoms with Crippen molar-refractivity contribution in [3.63, 3.8) is 0 Å². The summed E-state index contributed by atoms with van der Waals surface area (Å²) in [4.78, 5) is 52.7. The molecule has 0 spiro atoms. The summed E-state index contributed by atoms with van der Waals surface area (Å²) in [5.74, 6) is -1.26. The molecule has 2 aromatic carbocycles. The van der Waals surface area contributed by atoms with Gasteiger partial charge >= 0.3 is 5.97 Å². The van der Waals surface area contributed by atoms with Crippen molar-refractivity contribution in [2.75, 3.05) is 16.8 Å². The van der Waals surface area contributed by atoms with Crippen LogP contribution >= 0.6 is 0 Å². The average molecular weight is 475 g/mol. The van der Waals surface area contributed by atoms with Crippen molar-refractivity contribution in [3.05, 3.63) is 59.2 Å². The highest BCUT2D eigenvalue weighted by atomic mass is 16.5. The number of nitrogens with zero attached hydrogens (tertiary/aromatic N) is 1. The SMILES string of the molecule is CCc1cccc(CC)c1NC(=O)COC(=O)c1cccc(N2C(=O)[C@@H]3[C@H]4CC[C@@H](C4)[C@@H]3C2=O)c1. The second-order valence-corrected chi connectivity index (χ2v) is 9.73. The molecule has 3 fully saturated rings. The molecule has 1 N–H and O–H groups in total. The van der Waals surface area contributed by atoms with Crippen LogP contribution in [0.4, 0.5) is 11.4 Å². The van der Waals surface area contributed by atoms with Crippen LogP contribution in [0.3, 0.4) is 0 Å². The number of imide groups is 1. The van der Waals surface area contributed by atoms with Crippen LogP contribution in [0.5, 0.6) is 0 Å². The molecule has 1 aliphatic heterocycles. The van der Waals surface area contributed by atoms with Gasteiger partial charge in [-0.05, 0) is 73.3 Å². The lowest BCUT2D eigenvalue weighted by Gasteiger charge is -2.19. The maximum Gasteiger partial charge on any atom is 0.338 e. The van der Waals surface area contributed by atoms with Crippen molar-refractivity contribution in [2.24, 2.45) is 23.7 Å². The van der Waals surface area contributed by atoms with Crippen LogP contribution < -0.4 is 10.2 Å². The molecule has 35 heavy (non-hydrogen) atoms. The van der Waals surface area contributed by atoms with E-state index in [1.165, 1.54) is 11.0 Å². The Balaban J connectivity index is 1.25. The molecule has 4 atom stereocenters. The smallest absolute Gasteiger partial charge is 0.338 e. The molecule has 0 radical (unpaired) electrons. The maximum absolute atomic E-state index is 13.1. The predicted octanol–water partition coefficient (Wildman–Crippen LogP) is 4.14. The van der Waals surface area contributed by atoms with Gasteiger partial charge < -0.3 is 10.1 Å². The third-order valence-corrected chi connectivity index (χ3v) is 7.87. The van der Waals surface area contributed by atoms with E-state index < -0.39 is 18.5 Å². The highest BCUT2D eigenvalue weighted by Crippen LogP contribution is 2.56. The van der Waals surface area contributed by atoms with Crippen molar-refractivity contribution in [1.29, 1.82) is 0 Å². The van der Waals surface area contributed by atoms with Gasteiger partial charge in [0, 0.05) is 5.69 Å². The van der Waals surface area contributed by atoms with Crippen LogP contribution in [0.15, 0.2) is 42.5 Å². The Morgan fingerprint density at radius 3 is 2.14 bits per heavy atom. The van der Waals surface area contributed by atoms with Crippen LogP contribution in [0, 0.1) is 23.7 Å². The third-order valence-electron chi connectivity index (χ3n) is 7.87. The van der Waals surface area contributed by atoms with Crippen LogP contribution in [-0.4, -0.2) is 30.3 Å². The summed E-state index contributed by atoms with van der Waals surface area (Å²) in [7, 11) is 0. The average Bonchev–Trinajstić information content (AvgIpc) is 3.56.